The predicted octanol–water partition coefficient (Wildman–Crippen LogP) is 3.77. The molecule has 0 aromatic heterocycles. The number of benzene rings is 2. The third kappa shape index (κ3) is 4.25. The van der Waals surface area contributed by atoms with Crippen LogP contribution in [0.4, 0.5) is 14.5 Å². The fourth-order valence-corrected chi connectivity index (χ4v) is 2.01. The Morgan fingerprint density at radius 1 is 1.21 bits per heavy atom. The third-order valence-electron chi connectivity index (χ3n) is 3.07. The van der Waals surface area contributed by atoms with Crippen LogP contribution in [0.15, 0.2) is 42.5 Å². The fraction of sp³-hybridized carbons (Fsp3) is 0.188. The lowest BCUT2D eigenvalue weighted by Crippen LogP contribution is -2.15. The van der Waals surface area contributed by atoms with Crippen LogP contribution in [0.1, 0.15) is 15.9 Å². The molecule has 2 aromatic rings. The summed E-state index contributed by atoms with van der Waals surface area (Å²) in [5.74, 6) is -0.987. The number of carbonyl (C=O) groups is 1. The molecule has 0 bridgehead atoms. The summed E-state index contributed by atoms with van der Waals surface area (Å²) in [6.45, 7) is -1.94. The molecule has 0 spiro atoms. The molecule has 0 saturated carbocycles. The molecule has 126 valence electrons. The van der Waals surface area contributed by atoms with Crippen molar-refractivity contribution >= 4 is 11.5 Å². The summed E-state index contributed by atoms with van der Waals surface area (Å²) in [6.07, 6.45) is 0. The average Bonchev–Trinajstić information content (AvgIpc) is 2.54. The second kappa shape index (κ2) is 7.49. The monoisotopic (exact) mass is 337 g/mol. The van der Waals surface area contributed by atoms with Crippen molar-refractivity contribution in [1.82, 2.24) is 0 Å². The number of aryl methyl sites for hydroxylation is 1. The van der Waals surface area contributed by atoms with Crippen LogP contribution in [0.2, 0.25) is 0 Å². The number of Topliss-reactive ketones (excluding diaryl/α,β-unsaturated/α-hetero) is 1. The molecule has 0 N–H and O–H groups in total. The van der Waals surface area contributed by atoms with Crippen molar-refractivity contribution < 1.29 is 28.0 Å². The van der Waals surface area contributed by atoms with E-state index in [2.05, 4.69) is 4.74 Å². The van der Waals surface area contributed by atoms with Crippen LogP contribution in [-0.2, 0) is 0 Å². The zero-order valence-corrected chi connectivity index (χ0v) is 12.6. The molecule has 2 aromatic carbocycles. The number of para-hydroxylation sites is 2. The maximum absolute atomic E-state index is 12.4. The van der Waals surface area contributed by atoms with Gasteiger partial charge in [0.25, 0.3) is 0 Å². The van der Waals surface area contributed by atoms with E-state index in [4.69, 9.17) is 4.74 Å². The first-order chi connectivity index (χ1) is 11.4. The fourth-order valence-electron chi connectivity index (χ4n) is 2.01. The average molecular weight is 337 g/mol. The van der Waals surface area contributed by atoms with E-state index < -0.39 is 23.9 Å². The van der Waals surface area contributed by atoms with Crippen molar-refractivity contribution in [3.63, 3.8) is 0 Å². The quantitative estimate of drug-likeness (QED) is 0.436. The Hall–Kier alpha value is -3.03. The van der Waals surface area contributed by atoms with E-state index >= 15 is 0 Å². The van der Waals surface area contributed by atoms with E-state index in [0.717, 1.165) is 0 Å². The molecular formula is C16H13F2NO5. The minimum Gasteiger partial charge on any atom is -0.478 e. The molecule has 0 unspecified atom stereocenters. The normalized spacial score (nSPS) is 10.5. The number of hydrogen-bond donors (Lipinski definition) is 0. The van der Waals surface area contributed by atoms with Gasteiger partial charge >= 0.3 is 12.3 Å². The van der Waals surface area contributed by atoms with Gasteiger partial charge in [0.05, 0.1) is 10.5 Å². The first-order valence-electron chi connectivity index (χ1n) is 6.83. The topological polar surface area (TPSA) is 78.7 Å². The highest BCUT2D eigenvalue weighted by atomic mass is 19.3. The van der Waals surface area contributed by atoms with Crippen LogP contribution < -0.4 is 9.47 Å². The van der Waals surface area contributed by atoms with Crippen molar-refractivity contribution in [2.45, 2.75) is 13.5 Å². The lowest BCUT2D eigenvalue weighted by Gasteiger charge is -2.11. The van der Waals surface area contributed by atoms with E-state index in [1.54, 1.807) is 6.92 Å². The van der Waals surface area contributed by atoms with Crippen LogP contribution in [0.25, 0.3) is 0 Å². The number of ether oxygens (including phenoxy) is 2. The highest BCUT2D eigenvalue weighted by molar-refractivity contribution is 6.00. The minimum atomic E-state index is -3.07. The first kappa shape index (κ1) is 17.3. The van der Waals surface area contributed by atoms with Gasteiger partial charge in [-0.2, -0.15) is 8.78 Å². The molecule has 0 saturated heterocycles. The molecular weight excluding hydrogens is 324 g/mol. The van der Waals surface area contributed by atoms with Gasteiger partial charge in [0.15, 0.2) is 12.4 Å². The second-order valence-electron chi connectivity index (χ2n) is 4.81. The number of alkyl halides is 2. The van der Waals surface area contributed by atoms with Gasteiger partial charge in [-0.15, -0.1) is 0 Å². The van der Waals surface area contributed by atoms with Crippen LogP contribution in [0.5, 0.6) is 11.5 Å². The number of halogens is 2. The molecule has 0 atom stereocenters. The number of ketones is 1. The van der Waals surface area contributed by atoms with E-state index in [0.29, 0.717) is 5.56 Å². The summed E-state index contributed by atoms with van der Waals surface area (Å²) in [5.41, 5.74) is 0.304. The Bertz CT molecular complexity index is 764. The smallest absolute Gasteiger partial charge is 0.387 e. The van der Waals surface area contributed by atoms with Crippen molar-refractivity contribution in [1.29, 1.82) is 0 Å². The van der Waals surface area contributed by atoms with Crippen molar-refractivity contribution in [2.24, 2.45) is 0 Å². The highest BCUT2D eigenvalue weighted by Gasteiger charge is 2.19. The van der Waals surface area contributed by atoms with E-state index in [1.807, 2.05) is 0 Å². The molecule has 24 heavy (non-hydrogen) atoms. The number of rotatable bonds is 7. The molecule has 0 aliphatic heterocycles. The van der Waals surface area contributed by atoms with Gasteiger partial charge in [-0.1, -0.05) is 23.8 Å². The third-order valence-corrected chi connectivity index (χ3v) is 3.07. The van der Waals surface area contributed by atoms with Crippen LogP contribution in [0.3, 0.4) is 0 Å². The Morgan fingerprint density at radius 2 is 1.92 bits per heavy atom. The number of nitro benzene ring substituents is 1. The summed E-state index contributed by atoms with van der Waals surface area (Å²) in [7, 11) is 0. The van der Waals surface area contributed by atoms with Gasteiger partial charge in [0.2, 0.25) is 5.78 Å². The van der Waals surface area contributed by atoms with Gasteiger partial charge in [-0.05, 0) is 25.1 Å². The Labute approximate surface area is 135 Å². The van der Waals surface area contributed by atoms with Gasteiger partial charge < -0.3 is 9.47 Å². The van der Waals surface area contributed by atoms with Crippen molar-refractivity contribution in [3.8, 4) is 11.5 Å². The summed E-state index contributed by atoms with van der Waals surface area (Å²) in [5, 5.41) is 10.9. The SMILES string of the molecule is Cc1ccc(OC(F)F)c(C(=O)COc2ccccc2[N+](=O)[O-])c1. The number of carbonyl (C=O) groups excluding carboxylic acids is 1. The predicted molar refractivity (Wildman–Crippen MR) is 80.7 cm³/mol. The van der Waals surface area contributed by atoms with Crippen molar-refractivity contribution in [2.75, 3.05) is 6.61 Å². The molecule has 0 aliphatic carbocycles. The van der Waals surface area contributed by atoms with Gasteiger partial charge in [0, 0.05) is 6.07 Å². The molecule has 0 radical (unpaired) electrons. The molecule has 0 fully saturated rings. The molecule has 0 aliphatic rings. The lowest BCUT2D eigenvalue weighted by atomic mass is 10.1. The van der Waals surface area contributed by atoms with Crippen LogP contribution >= 0.6 is 0 Å². The minimum absolute atomic E-state index is 0.0751. The largest absolute Gasteiger partial charge is 0.478 e. The van der Waals surface area contributed by atoms with E-state index in [-0.39, 0.29) is 22.7 Å². The molecule has 0 heterocycles. The standard InChI is InChI=1S/C16H13F2NO5/c1-10-6-7-14(24-16(17)18)11(8-10)13(20)9-23-15-5-3-2-4-12(15)19(21)22/h2-8,16H,9H2,1H3. The number of nitrogens with zero attached hydrogens (tertiary/aromatic N) is 1. The number of hydrogen-bond acceptors (Lipinski definition) is 5. The van der Waals surface area contributed by atoms with E-state index in [9.17, 15) is 23.7 Å². The van der Waals surface area contributed by atoms with Crippen molar-refractivity contribution in [3.05, 3.63) is 63.7 Å². The van der Waals surface area contributed by atoms with Gasteiger partial charge in [0.1, 0.15) is 5.75 Å². The van der Waals surface area contributed by atoms with Crippen LogP contribution in [0, 0.1) is 17.0 Å². The number of nitro groups is 1. The Balaban J connectivity index is 2.19. The summed E-state index contributed by atoms with van der Waals surface area (Å²) >= 11 is 0. The van der Waals surface area contributed by atoms with E-state index in [1.165, 1.54) is 42.5 Å². The maximum atomic E-state index is 12.4. The van der Waals surface area contributed by atoms with Crippen LogP contribution in [-0.4, -0.2) is 23.9 Å². The summed E-state index contributed by atoms with van der Waals surface area (Å²) in [6, 6.07) is 9.74. The maximum Gasteiger partial charge on any atom is 0.387 e. The molecule has 6 nitrogen and oxygen atoms in total. The zero-order valence-electron chi connectivity index (χ0n) is 12.6. The Morgan fingerprint density at radius 3 is 2.58 bits per heavy atom. The lowest BCUT2D eigenvalue weighted by molar-refractivity contribution is -0.385. The molecule has 0 amide bonds. The summed E-state index contributed by atoms with van der Waals surface area (Å²) in [4.78, 5) is 22.5. The van der Waals surface area contributed by atoms with Gasteiger partial charge in [-0.3, -0.25) is 14.9 Å². The second-order valence-corrected chi connectivity index (χ2v) is 4.81. The first-order valence-corrected chi connectivity index (χ1v) is 6.83. The molecule has 2 rings (SSSR count). The highest BCUT2D eigenvalue weighted by Crippen LogP contribution is 2.27. The zero-order chi connectivity index (χ0) is 17.7. The Kier molecular flexibility index (Phi) is 5.41. The summed E-state index contributed by atoms with van der Waals surface area (Å²) < 4.78 is 34.3. The van der Waals surface area contributed by atoms with Gasteiger partial charge in [-0.25, -0.2) is 0 Å². The molecule has 8 heteroatoms.